The van der Waals surface area contributed by atoms with Crippen molar-refractivity contribution in [2.24, 2.45) is 0 Å². The zero-order valence-electron chi connectivity index (χ0n) is 20.2. The monoisotopic (exact) mass is 473 g/mol. The number of carbonyl (C=O) groups excluding carboxylic acids is 2. The van der Waals surface area contributed by atoms with Gasteiger partial charge in [-0.3, -0.25) is 13.9 Å². The maximum atomic E-state index is 13.5. The largest absolute Gasteiger partial charge is 0.355 e. The number of aryl methyl sites for hydroxylation is 2. The molecular weight excluding hydrogens is 438 g/mol. The average molecular weight is 474 g/mol. The van der Waals surface area contributed by atoms with Crippen LogP contribution in [0.3, 0.4) is 0 Å². The van der Waals surface area contributed by atoms with Crippen LogP contribution in [0.25, 0.3) is 0 Å². The fourth-order valence-corrected chi connectivity index (χ4v) is 4.52. The van der Waals surface area contributed by atoms with Gasteiger partial charge in [0.2, 0.25) is 21.8 Å². The van der Waals surface area contributed by atoms with Gasteiger partial charge in [0, 0.05) is 13.1 Å². The minimum absolute atomic E-state index is 0.238. The maximum Gasteiger partial charge on any atom is 0.244 e. The van der Waals surface area contributed by atoms with Crippen LogP contribution in [0.15, 0.2) is 48.5 Å². The van der Waals surface area contributed by atoms with Crippen LogP contribution in [-0.2, 0) is 26.0 Å². The molecule has 0 aromatic heterocycles. The van der Waals surface area contributed by atoms with E-state index in [1.807, 2.05) is 64.1 Å². The van der Waals surface area contributed by atoms with E-state index in [9.17, 15) is 18.0 Å². The molecule has 7 nitrogen and oxygen atoms in total. The Morgan fingerprint density at radius 3 is 2.21 bits per heavy atom. The van der Waals surface area contributed by atoms with Crippen molar-refractivity contribution in [1.82, 2.24) is 10.2 Å². The molecule has 1 atom stereocenters. The van der Waals surface area contributed by atoms with Gasteiger partial charge >= 0.3 is 0 Å². The summed E-state index contributed by atoms with van der Waals surface area (Å²) in [5.74, 6) is -0.647. The quantitative estimate of drug-likeness (QED) is 0.543. The van der Waals surface area contributed by atoms with Crippen molar-refractivity contribution in [1.29, 1.82) is 0 Å². The van der Waals surface area contributed by atoms with Crippen LogP contribution in [-0.4, -0.2) is 57.1 Å². The molecule has 0 heterocycles. The van der Waals surface area contributed by atoms with Gasteiger partial charge in [-0.25, -0.2) is 8.42 Å². The van der Waals surface area contributed by atoms with Crippen LogP contribution in [0.4, 0.5) is 5.69 Å². The fourth-order valence-electron chi connectivity index (χ4n) is 3.68. The predicted molar refractivity (Wildman–Crippen MR) is 133 cm³/mol. The highest BCUT2D eigenvalue weighted by Gasteiger charge is 2.31. The van der Waals surface area contributed by atoms with Crippen LogP contribution in [0.1, 0.15) is 37.0 Å². The molecule has 8 heteroatoms. The zero-order valence-corrected chi connectivity index (χ0v) is 21.0. The van der Waals surface area contributed by atoms with E-state index in [0.717, 1.165) is 27.3 Å². The number of amides is 2. The van der Waals surface area contributed by atoms with Gasteiger partial charge in [0.05, 0.1) is 11.9 Å². The highest BCUT2D eigenvalue weighted by Crippen LogP contribution is 2.22. The van der Waals surface area contributed by atoms with Crippen molar-refractivity contribution in [3.63, 3.8) is 0 Å². The Bertz CT molecular complexity index is 1050. The second kappa shape index (κ2) is 11.8. The van der Waals surface area contributed by atoms with Crippen molar-refractivity contribution in [2.75, 3.05) is 30.2 Å². The first-order chi connectivity index (χ1) is 15.6. The smallest absolute Gasteiger partial charge is 0.244 e. The zero-order chi connectivity index (χ0) is 24.6. The number of nitrogens with one attached hydrogen (secondary N) is 1. The van der Waals surface area contributed by atoms with Gasteiger partial charge < -0.3 is 10.2 Å². The van der Waals surface area contributed by atoms with E-state index in [4.69, 9.17) is 0 Å². The van der Waals surface area contributed by atoms with Gasteiger partial charge in [-0.2, -0.15) is 0 Å². The molecule has 33 heavy (non-hydrogen) atoms. The Balaban J connectivity index is 2.36. The van der Waals surface area contributed by atoms with Crippen molar-refractivity contribution in [2.45, 2.75) is 46.6 Å². The average Bonchev–Trinajstić information content (AvgIpc) is 2.76. The third-order valence-corrected chi connectivity index (χ3v) is 6.82. The van der Waals surface area contributed by atoms with E-state index in [2.05, 4.69) is 5.32 Å². The summed E-state index contributed by atoms with van der Waals surface area (Å²) in [6.07, 6.45) is 2.07. The molecule has 0 aliphatic carbocycles. The molecule has 2 aromatic carbocycles. The lowest BCUT2D eigenvalue weighted by Gasteiger charge is -2.33. The lowest BCUT2D eigenvalue weighted by molar-refractivity contribution is -0.139. The SMILES string of the molecule is CCNC(=O)[C@@H](CC)N(CCc1ccccc1)C(=O)CN(c1ccc(C)c(C)c1)S(C)(=O)=O. The molecule has 0 saturated heterocycles. The number of hydrogen-bond acceptors (Lipinski definition) is 4. The second-order valence-electron chi connectivity index (χ2n) is 8.18. The minimum Gasteiger partial charge on any atom is -0.355 e. The van der Waals surface area contributed by atoms with Crippen LogP contribution >= 0.6 is 0 Å². The molecule has 2 rings (SSSR count). The second-order valence-corrected chi connectivity index (χ2v) is 10.1. The molecule has 0 saturated carbocycles. The molecule has 0 aliphatic heterocycles. The summed E-state index contributed by atoms with van der Waals surface area (Å²) in [6, 6.07) is 14.3. The summed E-state index contributed by atoms with van der Waals surface area (Å²) in [5, 5.41) is 2.79. The van der Waals surface area contributed by atoms with Crippen LogP contribution < -0.4 is 9.62 Å². The number of sulfonamides is 1. The fraction of sp³-hybridized carbons (Fsp3) is 0.440. The molecule has 0 bridgehead atoms. The maximum absolute atomic E-state index is 13.5. The van der Waals surface area contributed by atoms with Gasteiger partial charge in [-0.1, -0.05) is 43.3 Å². The molecule has 180 valence electrons. The third kappa shape index (κ3) is 7.32. The van der Waals surface area contributed by atoms with E-state index in [1.165, 1.54) is 4.90 Å². The first kappa shape index (κ1) is 26.4. The van der Waals surface area contributed by atoms with Crippen molar-refractivity contribution < 1.29 is 18.0 Å². The molecule has 0 aliphatic rings. The molecule has 1 N–H and O–H groups in total. The molecule has 0 radical (unpaired) electrons. The standard InChI is InChI=1S/C25H35N3O4S/c1-6-23(25(30)26-7-2)27(16-15-21-11-9-8-10-12-21)24(29)18-28(33(5,31)32)22-14-13-19(3)20(4)17-22/h8-14,17,23H,6-7,15-16,18H2,1-5H3,(H,26,30)/t23-/m1/s1. The Morgan fingerprint density at radius 1 is 1.00 bits per heavy atom. The van der Waals surface area contributed by atoms with E-state index < -0.39 is 22.0 Å². The number of benzene rings is 2. The summed E-state index contributed by atoms with van der Waals surface area (Å²) in [4.78, 5) is 27.7. The Kier molecular flexibility index (Phi) is 9.46. The highest BCUT2D eigenvalue weighted by molar-refractivity contribution is 7.92. The molecule has 0 unspecified atom stereocenters. The normalized spacial score (nSPS) is 12.2. The van der Waals surface area contributed by atoms with Crippen molar-refractivity contribution in [3.05, 3.63) is 65.2 Å². The van der Waals surface area contributed by atoms with Gasteiger partial charge in [0.1, 0.15) is 12.6 Å². The first-order valence-electron chi connectivity index (χ1n) is 11.2. The Hall–Kier alpha value is -2.87. The van der Waals surface area contributed by atoms with Gasteiger partial charge in [0.15, 0.2) is 0 Å². The third-order valence-electron chi connectivity index (χ3n) is 5.68. The van der Waals surface area contributed by atoms with Crippen LogP contribution in [0, 0.1) is 13.8 Å². The predicted octanol–water partition coefficient (Wildman–Crippen LogP) is 3.06. The van der Waals surface area contributed by atoms with Gasteiger partial charge in [0.25, 0.3) is 0 Å². The number of carbonyl (C=O) groups is 2. The number of likely N-dealkylation sites (N-methyl/N-ethyl adjacent to an activating group) is 1. The molecular formula is C25H35N3O4S. The lowest BCUT2D eigenvalue weighted by Crippen LogP contribution is -2.53. The van der Waals surface area contributed by atoms with E-state index >= 15 is 0 Å². The number of rotatable bonds is 11. The number of nitrogens with zero attached hydrogens (tertiary/aromatic N) is 2. The summed E-state index contributed by atoms with van der Waals surface area (Å²) < 4.78 is 26.3. The topological polar surface area (TPSA) is 86.8 Å². The Labute approximate surface area is 197 Å². The number of hydrogen-bond donors (Lipinski definition) is 1. The van der Waals surface area contributed by atoms with Crippen LogP contribution in [0.5, 0.6) is 0 Å². The van der Waals surface area contributed by atoms with Gasteiger partial charge in [-0.05, 0) is 62.4 Å². The highest BCUT2D eigenvalue weighted by atomic mass is 32.2. The Morgan fingerprint density at radius 2 is 1.67 bits per heavy atom. The summed E-state index contributed by atoms with van der Waals surface area (Å²) in [6.45, 7) is 7.91. The lowest BCUT2D eigenvalue weighted by atomic mass is 10.1. The van der Waals surface area contributed by atoms with E-state index in [-0.39, 0.29) is 12.5 Å². The summed E-state index contributed by atoms with van der Waals surface area (Å²) in [5.41, 5.74) is 3.44. The molecule has 2 aromatic rings. The van der Waals surface area contributed by atoms with Crippen molar-refractivity contribution in [3.8, 4) is 0 Å². The molecule has 0 fully saturated rings. The first-order valence-corrected chi connectivity index (χ1v) is 13.1. The van der Waals surface area contributed by atoms with Crippen LogP contribution in [0.2, 0.25) is 0 Å². The van der Waals surface area contributed by atoms with Gasteiger partial charge in [-0.15, -0.1) is 0 Å². The number of anilines is 1. The minimum atomic E-state index is -3.72. The van der Waals surface area contributed by atoms with Crippen molar-refractivity contribution >= 4 is 27.5 Å². The molecule has 0 spiro atoms. The van der Waals surface area contributed by atoms with E-state index in [0.29, 0.717) is 31.6 Å². The summed E-state index contributed by atoms with van der Waals surface area (Å²) >= 11 is 0. The summed E-state index contributed by atoms with van der Waals surface area (Å²) in [7, 11) is -3.72. The van der Waals surface area contributed by atoms with E-state index in [1.54, 1.807) is 12.1 Å². The molecule has 2 amide bonds.